The van der Waals surface area contributed by atoms with Gasteiger partial charge in [0.05, 0.1) is 10.6 Å². The van der Waals surface area contributed by atoms with E-state index >= 15 is 0 Å². The summed E-state index contributed by atoms with van der Waals surface area (Å²) in [5, 5.41) is 10.7. The second kappa shape index (κ2) is 10.1. The van der Waals surface area contributed by atoms with Gasteiger partial charge in [0.2, 0.25) is 21.8 Å². The molecule has 9 heteroatoms. The first-order chi connectivity index (χ1) is 14.3. The van der Waals surface area contributed by atoms with Gasteiger partial charge in [0, 0.05) is 22.2 Å². The molecule has 0 atom stereocenters. The van der Waals surface area contributed by atoms with Crippen molar-refractivity contribution in [2.45, 2.75) is 41.9 Å². The minimum absolute atomic E-state index is 0.00876. The Morgan fingerprint density at radius 1 is 0.900 bits per heavy atom. The number of carbonyl (C=O) groups excluding carboxylic acids is 2. The zero-order chi connectivity index (χ0) is 21.6. The molecule has 0 heterocycles. The summed E-state index contributed by atoms with van der Waals surface area (Å²) >= 11 is 1.37. The van der Waals surface area contributed by atoms with Crippen molar-refractivity contribution < 1.29 is 18.0 Å². The van der Waals surface area contributed by atoms with Crippen molar-refractivity contribution in [3.8, 4) is 0 Å². The van der Waals surface area contributed by atoms with Gasteiger partial charge in [-0.2, -0.15) is 0 Å². The maximum atomic E-state index is 12.3. The summed E-state index contributed by atoms with van der Waals surface area (Å²) in [5.74, 6) is 0.182. The Balaban J connectivity index is 1.46. The summed E-state index contributed by atoms with van der Waals surface area (Å²) < 4.78 is 22.5. The fraction of sp³-hybridized carbons (Fsp3) is 0.333. The highest BCUT2D eigenvalue weighted by molar-refractivity contribution is 8.00. The summed E-state index contributed by atoms with van der Waals surface area (Å²) in [6, 6.07) is 13.1. The van der Waals surface area contributed by atoms with Gasteiger partial charge < -0.3 is 10.6 Å². The molecule has 4 N–H and O–H groups in total. The lowest BCUT2D eigenvalue weighted by atomic mass is 9.88. The van der Waals surface area contributed by atoms with E-state index in [9.17, 15) is 18.0 Å². The molecule has 30 heavy (non-hydrogen) atoms. The van der Waals surface area contributed by atoms with Gasteiger partial charge in [-0.15, -0.1) is 11.8 Å². The fourth-order valence-corrected chi connectivity index (χ4v) is 4.53. The number of primary sulfonamides is 1. The lowest BCUT2D eigenvalue weighted by Gasteiger charge is -2.20. The van der Waals surface area contributed by atoms with Crippen molar-refractivity contribution >= 4 is 45.0 Å². The second-order valence-corrected chi connectivity index (χ2v) is 9.86. The first kappa shape index (κ1) is 22.3. The molecule has 0 aliphatic heterocycles. The van der Waals surface area contributed by atoms with Crippen molar-refractivity contribution in [1.29, 1.82) is 0 Å². The first-order valence-electron chi connectivity index (χ1n) is 9.78. The fourth-order valence-electron chi connectivity index (χ4n) is 3.32. The normalized spacial score (nSPS) is 14.8. The highest BCUT2D eigenvalue weighted by Gasteiger charge is 2.20. The van der Waals surface area contributed by atoms with Crippen LogP contribution in [0.2, 0.25) is 0 Å². The molecular formula is C21H25N3O4S2. The van der Waals surface area contributed by atoms with E-state index in [0.717, 1.165) is 36.3 Å². The van der Waals surface area contributed by atoms with Crippen LogP contribution in [0.1, 0.15) is 32.1 Å². The summed E-state index contributed by atoms with van der Waals surface area (Å²) in [6.45, 7) is 0. The number of anilines is 2. The van der Waals surface area contributed by atoms with Crippen LogP contribution < -0.4 is 15.8 Å². The lowest BCUT2D eigenvalue weighted by molar-refractivity contribution is -0.120. The molecule has 3 rings (SSSR count). The van der Waals surface area contributed by atoms with E-state index < -0.39 is 10.0 Å². The molecule has 1 aliphatic rings. The monoisotopic (exact) mass is 447 g/mol. The number of rotatable bonds is 7. The second-order valence-electron chi connectivity index (χ2n) is 7.25. The van der Waals surface area contributed by atoms with Crippen LogP contribution in [0.25, 0.3) is 0 Å². The minimum Gasteiger partial charge on any atom is -0.326 e. The quantitative estimate of drug-likeness (QED) is 0.561. The van der Waals surface area contributed by atoms with Gasteiger partial charge >= 0.3 is 0 Å². The maximum absolute atomic E-state index is 12.3. The molecule has 1 aliphatic carbocycles. The van der Waals surface area contributed by atoms with Crippen LogP contribution in [-0.4, -0.2) is 26.0 Å². The molecule has 160 valence electrons. The molecule has 0 bridgehead atoms. The molecule has 2 amide bonds. The number of nitrogens with two attached hydrogens (primary N) is 1. The topological polar surface area (TPSA) is 118 Å². The maximum Gasteiger partial charge on any atom is 0.238 e. The molecule has 2 aromatic rings. The third kappa shape index (κ3) is 6.58. The highest BCUT2D eigenvalue weighted by Crippen LogP contribution is 2.26. The number of nitrogens with one attached hydrogen (secondary N) is 2. The average molecular weight is 448 g/mol. The highest BCUT2D eigenvalue weighted by atomic mass is 32.2. The number of hydrogen-bond donors (Lipinski definition) is 3. The minimum atomic E-state index is -3.76. The third-order valence-corrected chi connectivity index (χ3v) is 6.88. The standard InChI is InChI=1S/C21H25N3O4S2/c22-30(27,28)19-12-8-16(9-13-19)23-20(25)14-29-18-10-6-17(7-11-18)24-21(26)15-4-2-1-3-5-15/h6-13,15H,1-5,14H2,(H,23,25)(H,24,26)(H2,22,27,28). The first-order valence-corrected chi connectivity index (χ1v) is 12.3. The number of benzene rings is 2. The van der Waals surface area contributed by atoms with Gasteiger partial charge in [-0.25, -0.2) is 13.6 Å². The van der Waals surface area contributed by atoms with E-state index in [1.165, 1.54) is 42.4 Å². The molecule has 7 nitrogen and oxygen atoms in total. The predicted molar refractivity (Wildman–Crippen MR) is 119 cm³/mol. The molecular weight excluding hydrogens is 422 g/mol. The van der Waals surface area contributed by atoms with Gasteiger partial charge in [-0.1, -0.05) is 19.3 Å². The average Bonchev–Trinajstić information content (AvgIpc) is 2.73. The number of amides is 2. The number of hydrogen-bond acceptors (Lipinski definition) is 5. The van der Waals surface area contributed by atoms with Crippen molar-refractivity contribution in [2.24, 2.45) is 11.1 Å². The van der Waals surface area contributed by atoms with Gasteiger partial charge in [0.15, 0.2) is 0 Å². The van der Waals surface area contributed by atoms with Crippen LogP contribution in [0.3, 0.4) is 0 Å². The number of thioether (sulfide) groups is 1. The Hall–Kier alpha value is -2.36. The Labute approximate surface area is 180 Å². The van der Waals surface area contributed by atoms with E-state index in [0.29, 0.717) is 5.69 Å². The molecule has 0 unspecified atom stereocenters. The third-order valence-electron chi connectivity index (χ3n) is 4.93. The van der Waals surface area contributed by atoms with Crippen LogP contribution >= 0.6 is 11.8 Å². The molecule has 1 saturated carbocycles. The molecule has 2 aromatic carbocycles. The number of carbonyl (C=O) groups is 2. The van der Waals surface area contributed by atoms with Crippen molar-refractivity contribution in [1.82, 2.24) is 0 Å². The Kier molecular flexibility index (Phi) is 7.52. The van der Waals surface area contributed by atoms with Crippen molar-refractivity contribution in [2.75, 3.05) is 16.4 Å². The smallest absolute Gasteiger partial charge is 0.238 e. The zero-order valence-electron chi connectivity index (χ0n) is 16.5. The predicted octanol–water partition coefficient (Wildman–Crippen LogP) is 3.58. The Morgan fingerprint density at radius 2 is 1.47 bits per heavy atom. The Bertz CT molecular complexity index is 984. The number of sulfonamides is 1. The molecule has 0 spiro atoms. The largest absolute Gasteiger partial charge is 0.326 e. The summed E-state index contributed by atoms with van der Waals surface area (Å²) in [7, 11) is -3.76. The van der Waals surface area contributed by atoms with Crippen LogP contribution in [0, 0.1) is 5.92 Å². The summed E-state index contributed by atoms with van der Waals surface area (Å²) in [4.78, 5) is 25.3. The Morgan fingerprint density at radius 3 is 2.07 bits per heavy atom. The van der Waals surface area contributed by atoms with Crippen molar-refractivity contribution in [3.05, 3.63) is 48.5 Å². The van der Waals surface area contributed by atoms with Gasteiger partial charge in [0.25, 0.3) is 0 Å². The van der Waals surface area contributed by atoms with Gasteiger partial charge in [0.1, 0.15) is 0 Å². The summed E-state index contributed by atoms with van der Waals surface area (Å²) in [6.07, 6.45) is 5.36. The van der Waals surface area contributed by atoms with E-state index in [-0.39, 0.29) is 28.4 Å². The molecule has 0 aromatic heterocycles. The van der Waals surface area contributed by atoms with E-state index in [1.54, 1.807) is 0 Å². The van der Waals surface area contributed by atoms with E-state index in [2.05, 4.69) is 10.6 Å². The van der Waals surface area contributed by atoms with Crippen LogP contribution in [0.5, 0.6) is 0 Å². The van der Waals surface area contributed by atoms with Crippen molar-refractivity contribution in [3.63, 3.8) is 0 Å². The zero-order valence-corrected chi connectivity index (χ0v) is 18.1. The van der Waals surface area contributed by atoms with Crippen LogP contribution in [0.15, 0.2) is 58.3 Å². The lowest BCUT2D eigenvalue weighted by Crippen LogP contribution is -2.24. The van der Waals surface area contributed by atoms with Crippen LogP contribution in [-0.2, 0) is 19.6 Å². The van der Waals surface area contributed by atoms with E-state index in [1.807, 2.05) is 24.3 Å². The van der Waals surface area contributed by atoms with Gasteiger partial charge in [-0.3, -0.25) is 9.59 Å². The molecule has 1 fully saturated rings. The SMILES string of the molecule is NS(=O)(=O)c1ccc(NC(=O)CSc2ccc(NC(=O)C3CCCCC3)cc2)cc1. The van der Waals surface area contributed by atoms with Crippen LogP contribution in [0.4, 0.5) is 11.4 Å². The van der Waals surface area contributed by atoms with E-state index in [4.69, 9.17) is 5.14 Å². The molecule has 0 saturated heterocycles. The molecule has 0 radical (unpaired) electrons. The summed E-state index contributed by atoms with van der Waals surface area (Å²) in [5.41, 5.74) is 1.25. The van der Waals surface area contributed by atoms with Gasteiger partial charge in [-0.05, 0) is 61.4 Å².